The molecule has 2 nitrogen and oxygen atoms in total. The van der Waals surface area contributed by atoms with Gasteiger partial charge in [-0.3, -0.25) is 9.78 Å². The van der Waals surface area contributed by atoms with Crippen molar-refractivity contribution in [3.05, 3.63) is 42.2 Å². The fraction of sp³-hybridized carbons (Fsp3) is 0. The van der Waals surface area contributed by atoms with E-state index in [-0.39, 0.29) is 5.12 Å². The van der Waals surface area contributed by atoms with Gasteiger partial charge in [0.15, 0.2) is 0 Å². The van der Waals surface area contributed by atoms with Crippen molar-refractivity contribution in [3.8, 4) is 0 Å². The first-order valence-corrected chi connectivity index (χ1v) is 4.31. The maximum absolute atomic E-state index is 11.1. The Morgan fingerprint density at radius 2 is 2.00 bits per heavy atom. The Kier molecular flexibility index (Phi) is 2.02. The molecule has 0 unspecified atom stereocenters. The molecule has 0 atom stereocenters. The first kappa shape index (κ1) is 8.26. The van der Waals surface area contributed by atoms with Gasteiger partial charge in [-0.25, -0.2) is 0 Å². The molecule has 64 valence electrons. The van der Waals surface area contributed by atoms with Gasteiger partial charge in [0, 0.05) is 11.6 Å². The number of carbonyl (C=O) groups excluding carboxylic acids is 1. The molecule has 1 aromatic carbocycles. The molecule has 0 aliphatic heterocycles. The van der Waals surface area contributed by atoms with E-state index < -0.39 is 0 Å². The lowest BCUT2D eigenvalue weighted by Crippen LogP contribution is -1.94. The van der Waals surface area contributed by atoms with Gasteiger partial charge in [0.1, 0.15) is 5.69 Å². The summed E-state index contributed by atoms with van der Waals surface area (Å²) in [7, 11) is 0. The predicted molar refractivity (Wildman–Crippen MR) is 55.1 cm³/mol. The number of aromatic nitrogens is 1. The van der Waals surface area contributed by atoms with Gasteiger partial charge in [-0.2, -0.15) is 0 Å². The topological polar surface area (TPSA) is 30.0 Å². The van der Waals surface area contributed by atoms with Crippen molar-refractivity contribution < 1.29 is 4.79 Å². The summed E-state index contributed by atoms with van der Waals surface area (Å²) in [6.07, 6.45) is 1.62. The van der Waals surface area contributed by atoms with Crippen molar-refractivity contribution >= 4 is 28.5 Å². The minimum atomic E-state index is -0.295. The van der Waals surface area contributed by atoms with Crippen LogP contribution in [-0.2, 0) is 0 Å². The van der Waals surface area contributed by atoms with Crippen molar-refractivity contribution in [3.63, 3.8) is 0 Å². The fourth-order valence-corrected chi connectivity index (χ4v) is 1.47. The number of pyridine rings is 1. The van der Waals surface area contributed by atoms with E-state index in [1.165, 1.54) is 0 Å². The van der Waals surface area contributed by atoms with Gasteiger partial charge in [0.05, 0.1) is 0 Å². The van der Waals surface area contributed by atoms with Crippen LogP contribution >= 0.6 is 12.6 Å². The van der Waals surface area contributed by atoms with Gasteiger partial charge < -0.3 is 0 Å². The van der Waals surface area contributed by atoms with E-state index in [0.717, 1.165) is 10.8 Å². The maximum atomic E-state index is 11.1. The third kappa shape index (κ3) is 1.42. The zero-order valence-corrected chi connectivity index (χ0v) is 7.66. The van der Waals surface area contributed by atoms with E-state index in [1.54, 1.807) is 6.20 Å². The molecule has 3 heteroatoms. The Morgan fingerprint density at radius 1 is 1.23 bits per heavy atom. The Morgan fingerprint density at radius 3 is 2.77 bits per heavy atom. The molecule has 1 aromatic heterocycles. The fourth-order valence-electron chi connectivity index (χ4n) is 1.29. The molecule has 13 heavy (non-hydrogen) atoms. The molecule has 0 amide bonds. The first-order valence-electron chi connectivity index (χ1n) is 3.86. The van der Waals surface area contributed by atoms with Crippen molar-refractivity contribution in [1.82, 2.24) is 4.98 Å². The average molecular weight is 189 g/mol. The highest BCUT2D eigenvalue weighted by Crippen LogP contribution is 2.17. The quantitative estimate of drug-likeness (QED) is 0.698. The number of hydrogen-bond donors (Lipinski definition) is 1. The predicted octanol–water partition coefficient (Wildman–Crippen LogP) is 2.30. The number of benzene rings is 1. The number of hydrogen-bond acceptors (Lipinski definition) is 2. The number of carbonyl (C=O) groups is 1. The van der Waals surface area contributed by atoms with Crippen molar-refractivity contribution in [2.75, 3.05) is 0 Å². The second kappa shape index (κ2) is 3.18. The Labute approximate surface area is 81.0 Å². The van der Waals surface area contributed by atoms with Crippen LogP contribution in [0.4, 0.5) is 0 Å². The number of rotatable bonds is 1. The van der Waals surface area contributed by atoms with Gasteiger partial charge in [0.2, 0.25) is 5.12 Å². The zero-order valence-electron chi connectivity index (χ0n) is 6.77. The van der Waals surface area contributed by atoms with Crippen molar-refractivity contribution in [1.29, 1.82) is 0 Å². The van der Waals surface area contributed by atoms with Crippen molar-refractivity contribution in [2.45, 2.75) is 0 Å². The van der Waals surface area contributed by atoms with Crippen molar-refractivity contribution in [2.24, 2.45) is 0 Å². The SMILES string of the molecule is O=C(S)c1nccc2ccccc12. The Balaban J connectivity index is 2.83. The molecular formula is C10H7NOS. The third-order valence-electron chi connectivity index (χ3n) is 1.88. The Hall–Kier alpha value is -1.35. The highest BCUT2D eigenvalue weighted by atomic mass is 32.1. The highest BCUT2D eigenvalue weighted by molar-refractivity contribution is 7.97. The standard InChI is InChI=1S/C10H7NOS/c12-10(13)9-8-4-2-1-3-7(8)5-6-11-9/h1-6H,(H,12,13). The normalized spacial score (nSPS) is 10.2. The maximum Gasteiger partial charge on any atom is 0.235 e. The molecule has 2 rings (SSSR count). The molecule has 0 fully saturated rings. The number of nitrogens with zero attached hydrogens (tertiary/aromatic N) is 1. The highest BCUT2D eigenvalue weighted by Gasteiger charge is 2.05. The van der Waals surface area contributed by atoms with E-state index in [4.69, 9.17) is 0 Å². The minimum absolute atomic E-state index is 0.295. The van der Waals surface area contributed by atoms with Gasteiger partial charge >= 0.3 is 0 Å². The van der Waals surface area contributed by atoms with E-state index in [1.807, 2.05) is 30.3 Å². The molecule has 0 aliphatic rings. The van der Waals surface area contributed by atoms with Crippen LogP contribution in [-0.4, -0.2) is 10.1 Å². The molecule has 0 spiro atoms. The summed E-state index contributed by atoms with van der Waals surface area (Å²) in [6.45, 7) is 0. The summed E-state index contributed by atoms with van der Waals surface area (Å²) in [5.74, 6) is 0. The van der Waals surface area contributed by atoms with E-state index >= 15 is 0 Å². The lowest BCUT2D eigenvalue weighted by atomic mass is 10.1. The molecule has 0 N–H and O–H groups in total. The van der Waals surface area contributed by atoms with Gasteiger partial charge in [0.25, 0.3) is 0 Å². The van der Waals surface area contributed by atoms with Crippen LogP contribution in [0.25, 0.3) is 10.8 Å². The zero-order chi connectivity index (χ0) is 9.26. The smallest absolute Gasteiger partial charge is 0.235 e. The molecule has 0 saturated heterocycles. The summed E-state index contributed by atoms with van der Waals surface area (Å²) < 4.78 is 0. The van der Waals surface area contributed by atoms with E-state index in [0.29, 0.717) is 5.69 Å². The second-order valence-corrected chi connectivity index (χ2v) is 3.09. The van der Waals surface area contributed by atoms with E-state index in [9.17, 15) is 4.79 Å². The summed E-state index contributed by atoms with van der Waals surface area (Å²) >= 11 is 3.76. The van der Waals surface area contributed by atoms with Gasteiger partial charge in [-0.05, 0) is 11.5 Å². The third-order valence-corrected chi connectivity index (χ3v) is 2.09. The van der Waals surface area contributed by atoms with Crippen LogP contribution in [0, 0.1) is 0 Å². The molecular weight excluding hydrogens is 182 g/mol. The van der Waals surface area contributed by atoms with Crippen LogP contribution in [0.3, 0.4) is 0 Å². The summed E-state index contributed by atoms with van der Waals surface area (Å²) in [4.78, 5) is 15.0. The van der Waals surface area contributed by atoms with Gasteiger partial charge in [-0.15, -0.1) is 0 Å². The molecule has 0 saturated carbocycles. The lowest BCUT2D eigenvalue weighted by Gasteiger charge is -1.99. The van der Waals surface area contributed by atoms with Crippen LogP contribution in [0.5, 0.6) is 0 Å². The summed E-state index contributed by atoms with van der Waals surface area (Å²) in [5, 5.41) is 1.57. The van der Waals surface area contributed by atoms with Gasteiger partial charge in [-0.1, -0.05) is 36.9 Å². The number of thiol groups is 1. The minimum Gasteiger partial charge on any atom is -0.280 e. The second-order valence-electron chi connectivity index (χ2n) is 2.69. The summed E-state index contributed by atoms with van der Waals surface area (Å²) in [6, 6.07) is 9.48. The van der Waals surface area contributed by atoms with E-state index in [2.05, 4.69) is 17.6 Å². The molecule has 1 heterocycles. The monoisotopic (exact) mass is 189 g/mol. The Bertz CT molecular complexity index is 462. The molecule has 0 aliphatic carbocycles. The molecule has 0 bridgehead atoms. The molecule has 2 aromatic rings. The average Bonchev–Trinajstić information content (AvgIpc) is 2.17. The lowest BCUT2D eigenvalue weighted by molar-refractivity contribution is 0.108. The largest absolute Gasteiger partial charge is 0.280 e. The summed E-state index contributed by atoms with van der Waals surface area (Å²) in [5.41, 5.74) is 0.418. The van der Waals surface area contributed by atoms with Crippen LogP contribution in [0.1, 0.15) is 10.5 Å². The van der Waals surface area contributed by atoms with Crippen LogP contribution < -0.4 is 0 Å². The van der Waals surface area contributed by atoms with Crippen LogP contribution in [0.15, 0.2) is 36.5 Å². The first-order chi connectivity index (χ1) is 6.29. The number of fused-ring (bicyclic) bond motifs is 1. The molecule has 0 radical (unpaired) electrons. The van der Waals surface area contributed by atoms with Crippen LogP contribution in [0.2, 0.25) is 0 Å².